The number of hydrogen-bond acceptors (Lipinski definition) is 4. The number of nitrogens with zero attached hydrogens (tertiary/aromatic N) is 2. The van der Waals surface area contributed by atoms with Crippen molar-refractivity contribution < 1.29 is 5.11 Å². The Labute approximate surface area is 123 Å². The molecule has 20 heavy (non-hydrogen) atoms. The van der Waals surface area contributed by atoms with Crippen LogP contribution >= 0.6 is 11.3 Å². The maximum absolute atomic E-state index is 9.53. The molecule has 1 fully saturated rings. The molecule has 2 aromatic rings. The molecule has 0 aromatic carbocycles. The standard InChI is InChI=1S/C15H23N3OS/c1-10-9-18-14(11(2)17-15(18)20-10)8-16-7-12-3-5-13(19)6-4-12/h9,12-13,16,19H,3-8H2,1-2H3. The zero-order valence-corrected chi connectivity index (χ0v) is 13.0. The van der Waals surface area contributed by atoms with Gasteiger partial charge in [-0.15, -0.1) is 11.3 Å². The summed E-state index contributed by atoms with van der Waals surface area (Å²) < 4.78 is 2.22. The number of aromatic nitrogens is 2. The molecular formula is C15H23N3OS. The number of rotatable bonds is 4. The van der Waals surface area contributed by atoms with Crippen LogP contribution in [0, 0.1) is 19.8 Å². The number of nitrogens with one attached hydrogen (secondary N) is 1. The summed E-state index contributed by atoms with van der Waals surface area (Å²) >= 11 is 1.75. The minimum atomic E-state index is -0.0586. The van der Waals surface area contributed by atoms with Crippen LogP contribution in [0.2, 0.25) is 0 Å². The predicted molar refractivity (Wildman–Crippen MR) is 82.2 cm³/mol. The van der Waals surface area contributed by atoms with Gasteiger partial charge in [-0.3, -0.25) is 4.40 Å². The summed E-state index contributed by atoms with van der Waals surface area (Å²) in [7, 11) is 0. The van der Waals surface area contributed by atoms with Crippen molar-refractivity contribution in [1.82, 2.24) is 14.7 Å². The summed E-state index contributed by atoms with van der Waals surface area (Å²) in [6, 6.07) is 0. The highest BCUT2D eigenvalue weighted by Crippen LogP contribution is 2.24. The molecule has 2 heterocycles. The molecule has 3 rings (SSSR count). The van der Waals surface area contributed by atoms with Crippen molar-refractivity contribution in [3.63, 3.8) is 0 Å². The van der Waals surface area contributed by atoms with E-state index in [1.807, 2.05) is 0 Å². The lowest BCUT2D eigenvalue weighted by atomic mass is 9.87. The van der Waals surface area contributed by atoms with Gasteiger partial charge in [0.1, 0.15) is 0 Å². The number of thiazole rings is 1. The molecule has 2 aromatic heterocycles. The fraction of sp³-hybridized carbons (Fsp3) is 0.667. The summed E-state index contributed by atoms with van der Waals surface area (Å²) in [5, 5.41) is 13.1. The van der Waals surface area contributed by atoms with Crippen LogP contribution in [-0.4, -0.2) is 27.1 Å². The van der Waals surface area contributed by atoms with Crippen LogP contribution in [0.5, 0.6) is 0 Å². The van der Waals surface area contributed by atoms with Crippen molar-refractivity contribution in [2.75, 3.05) is 6.54 Å². The Kier molecular flexibility index (Phi) is 4.10. The molecule has 0 aliphatic heterocycles. The van der Waals surface area contributed by atoms with Crippen molar-refractivity contribution in [3.8, 4) is 0 Å². The molecule has 0 unspecified atom stereocenters. The first-order valence-electron chi connectivity index (χ1n) is 7.46. The first-order chi connectivity index (χ1) is 9.63. The average Bonchev–Trinajstić information content (AvgIpc) is 2.89. The molecule has 4 nitrogen and oxygen atoms in total. The van der Waals surface area contributed by atoms with Gasteiger partial charge in [-0.25, -0.2) is 4.98 Å². The number of aryl methyl sites for hydroxylation is 2. The molecule has 0 atom stereocenters. The van der Waals surface area contributed by atoms with E-state index in [4.69, 9.17) is 0 Å². The number of hydrogen-bond donors (Lipinski definition) is 2. The van der Waals surface area contributed by atoms with E-state index in [1.165, 1.54) is 10.6 Å². The minimum Gasteiger partial charge on any atom is -0.393 e. The lowest BCUT2D eigenvalue weighted by Gasteiger charge is -2.25. The zero-order valence-electron chi connectivity index (χ0n) is 12.2. The van der Waals surface area contributed by atoms with E-state index in [9.17, 15) is 5.11 Å². The Morgan fingerprint density at radius 1 is 1.35 bits per heavy atom. The fourth-order valence-electron chi connectivity index (χ4n) is 3.07. The average molecular weight is 293 g/mol. The molecule has 2 N–H and O–H groups in total. The Balaban J connectivity index is 1.58. The van der Waals surface area contributed by atoms with Gasteiger partial charge in [0, 0.05) is 17.6 Å². The first kappa shape index (κ1) is 14.0. The number of aliphatic hydroxyl groups is 1. The van der Waals surface area contributed by atoms with Crippen molar-refractivity contribution >= 4 is 16.3 Å². The van der Waals surface area contributed by atoms with Crippen LogP contribution in [0.3, 0.4) is 0 Å². The maximum Gasteiger partial charge on any atom is 0.194 e. The van der Waals surface area contributed by atoms with E-state index in [-0.39, 0.29) is 6.10 Å². The van der Waals surface area contributed by atoms with Crippen molar-refractivity contribution in [2.45, 2.75) is 52.2 Å². The second-order valence-corrected chi connectivity index (χ2v) is 7.16. The second-order valence-electron chi connectivity index (χ2n) is 5.94. The molecule has 0 amide bonds. The molecule has 1 aliphatic carbocycles. The molecule has 0 saturated heterocycles. The third-order valence-corrected chi connectivity index (χ3v) is 5.18. The molecule has 0 spiro atoms. The highest BCUT2D eigenvalue weighted by Gasteiger charge is 2.19. The Hall–Kier alpha value is -0.910. The van der Waals surface area contributed by atoms with Crippen LogP contribution in [0.4, 0.5) is 0 Å². The Morgan fingerprint density at radius 2 is 2.10 bits per heavy atom. The van der Waals surface area contributed by atoms with Crippen molar-refractivity contribution in [3.05, 3.63) is 22.5 Å². The summed E-state index contributed by atoms with van der Waals surface area (Å²) in [5.74, 6) is 0.714. The van der Waals surface area contributed by atoms with E-state index in [0.717, 1.165) is 49.4 Å². The topological polar surface area (TPSA) is 49.6 Å². The number of imidazole rings is 1. The van der Waals surface area contributed by atoms with Gasteiger partial charge < -0.3 is 10.4 Å². The first-order valence-corrected chi connectivity index (χ1v) is 8.28. The summed E-state index contributed by atoms with van der Waals surface area (Å²) in [6.45, 7) is 6.13. The highest BCUT2D eigenvalue weighted by molar-refractivity contribution is 7.17. The van der Waals surface area contributed by atoms with Crippen molar-refractivity contribution in [2.24, 2.45) is 5.92 Å². The summed E-state index contributed by atoms with van der Waals surface area (Å²) in [6.07, 6.45) is 6.34. The lowest BCUT2D eigenvalue weighted by molar-refractivity contribution is 0.108. The van der Waals surface area contributed by atoms with Gasteiger partial charge in [0.15, 0.2) is 4.96 Å². The van der Waals surface area contributed by atoms with Gasteiger partial charge in [-0.2, -0.15) is 0 Å². The van der Waals surface area contributed by atoms with Crippen LogP contribution in [0.15, 0.2) is 6.20 Å². The van der Waals surface area contributed by atoms with E-state index in [0.29, 0.717) is 5.92 Å². The zero-order chi connectivity index (χ0) is 14.1. The van der Waals surface area contributed by atoms with Crippen LogP contribution < -0.4 is 5.32 Å². The van der Waals surface area contributed by atoms with Crippen LogP contribution in [-0.2, 0) is 6.54 Å². The Bertz CT molecular complexity index is 581. The van der Waals surface area contributed by atoms with E-state index in [2.05, 4.69) is 34.7 Å². The van der Waals surface area contributed by atoms with Gasteiger partial charge in [0.25, 0.3) is 0 Å². The molecule has 5 heteroatoms. The molecule has 110 valence electrons. The number of aliphatic hydroxyl groups excluding tert-OH is 1. The predicted octanol–water partition coefficient (Wildman–Crippen LogP) is 2.65. The van der Waals surface area contributed by atoms with Gasteiger partial charge in [0.05, 0.1) is 17.5 Å². The van der Waals surface area contributed by atoms with E-state index < -0.39 is 0 Å². The normalized spacial score (nSPS) is 23.6. The quantitative estimate of drug-likeness (QED) is 0.911. The third kappa shape index (κ3) is 2.90. The van der Waals surface area contributed by atoms with E-state index in [1.54, 1.807) is 11.3 Å². The molecular weight excluding hydrogens is 270 g/mol. The molecule has 0 bridgehead atoms. The SMILES string of the molecule is Cc1cn2c(CNCC3CCC(O)CC3)c(C)nc2s1. The second kappa shape index (κ2) is 5.84. The monoisotopic (exact) mass is 293 g/mol. The lowest BCUT2D eigenvalue weighted by Crippen LogP contribution is -2.28. The third-order valence-electron chi connectivity index (χ3n) is 4.28. The molecule has 1 saturated carbocycles. The van der Waals surface area contributed by atoms with Gasteiger partial charge >= 0.3 is 0 Å². The summed E-state index contributed by atoms with van der Waals surface area (Å²) in [5.41, 5.74) is 2.41. The van der Waals surface area contributed by atoms with Gasteiger partial charge in [-0.05, 0) is 52.0 Å². The smallest absolute Gasteiger partial charge is 0.194 e. The highest BCUT2D eigenvalue weighted by atomic mass is 32.1. The minimum absolute atomic E-state index is 0.0586. The van der Waals surface area contributed by atoms with Crippen LogP contribution in [0.1, 0.15) is 41.9 Å². The van der Waals surface area contributed by atoms with Gasteiger partial charge in [-0.1, -0.05) is 0 Å². The molecule has 1 aliphatic rings. The maximum atomic E-state index is 9.53. The van der Waals surface area contributed by atoms with Crippen LogP contribution in [0.25, 0.3) is 4.96 Å². The summed E-state index contributed by atoms with van der Waals surface area (Å²) in [4.78, 5) is 7.01. The van der Waals surface area contributed by atoms with Crippen molar-refractivity contribution in [1.29, 1.82) is 0 Å². The molecule has 0 radical (unpaired) electrons. The fourth-order valence-corrected chi connectivity index (χ4v) is 3.96. The van der Waals surface area contributed by atoms with Gasteiger partial charge in [0.2, 0.25) is 0 Å². The Morgan fingerprint density at radius 3 is 2.85 bits per heavy atom. The largest absolute Gasteiger partial charge is 0.393 e. The number of fused-ring (bicyclic) bond motifs is 1. The van der Waals surface area contributed by atoms with E-state index >= 15 is 0 Å².